The van der Waals surface area contributed by atoms with Crippen molar-refractivity contribution in [2.75, 3.05) is 0 Å². The topological polar surface area (TPSA) is 46.5 Å². The number of aliphatic hydroxyl groups excluding tert-OH is 1. The Morgan fingerprint density at radius 2 is 1.82 bits per heavy atom. The van der Waals surface area contributed by atoms with Crippen LogP contribution < -0.4 is 0 Å². The van der Waals surface area contributed by atoms with Gasteiger partial charge in [-0.05, 0) is 56.0 Å². The average molecular weight is 298 g/mol. The SMILES string of the molecule is Cc1cc(-c2ccccc2CO)ccc1C(=O)OC(C)(C)C. The minimum Gasteiger partial charge on any atom is -0.456 e. The molecule has 3 nitrogen and oxygen atoms in total. The molecule has 0 saturated heterocycles. The number of rotatable bonds is 3. The molecule has 22 heavy (non-hydrogen) atoms. The third-order valence-corrected chi connectivity index (χ3v) is 3.34. The summed E-state index contributed by atoms with van der Waals surface area (Å²) in [5.41, 5.74) is 3.75. The zero-order valence-corrected chi connectivity index (χ0v) is 13.5. The molecular weight excluding hydrogens is 276 g/mol. The Kier molecular flexibility index (Phi) is 4.67. The summed E-state index contributed by atoms with van der Waals surface area (Å²) in [5.74, 6) is -0.313. The summed E-state index contributed by atoms with van der Waals surface area (Å²) < 4.78 is 5.42. The van der Waals surface area contributed by atoms with E-state index in [0.717, 1.165) is 22.3 Å². The minimum atomic E-state index is -0.508. The monoisotopic (exact) mass is 298 g/mol. The summed E-state index contributed by atoms with van der Waals surface area (Å²) in [4.78, 5) is 12.2. The first-order valence-corrected chi connectivity index (χ1v) is 7.35. The highest BCUT2D eigenvalue weighted by Crippen LogP contribution is 2.26. The Bertz CT molecular complexity index is 681. The van der Waals surface area contributed by atoms with E-state index < -0.39 is 5.60 Å². The molecule has 2 rings (SSSR count). The van der Waals surface area contributed by atoms with E-state index in [0.29, 0.717) is 5.56 Å². The van der Waals surface area contributed by atoms with Crippen molar-refractivity contribution in [3.05, 3.63) is 59.2 Å². The van der Waals surface area contributed by atoms with Gasteiger partial charge in [-0.25, -0.2) is 4.79 Å². The maximum Gasteiger partial charge on any atom is 0.338 e. The fraction of sp³-hybridized carbons (Fsp3) is 0.316. The number of carbonyl (C=O) groups is 1. The van der Waals surface area contributed by atoms with Crippen LogP contribution in [0, 0.1) is 6.92 Å². The zero-order valence-electron chi connectivity index (χ0n) is 13.5. The number of aliphatic hydroxyl groups is 1. The van der Waals surface area contributed by atoms with Gasteiger partial charge in [-0.15, -0.1) is 0 Å². The maximum atomic E-state index is 12.2. The number of benzene rings is 2. The standard InChI is InChI=1S/C19H22O3/c1-13-11-14(17-8-6-5-7-15(17)12-20)9-10-16(13)18(21)22-19(2,3)4/h5-11,20H,12H2,1-4H3. The molecule has 0 atom stereocenters. The molecule has 0 fully saturated rings. The van der Waals surface area contributed by atoms with Gasteiger partial charge in [0.25, 0.3) is 0 Å². The van der Waals surface area contributed by atoms with E-state index in [4.69, 9.17) is 4.74 Å². The molecule has 0 heterocycles. The van der Waals surface area contributed by atoms with Gasteiger partial charge < -0.3 is 9.84 Å². The van der Waals surface area contributed by atoms with E-state index in [9.17, 15) is 9.90 Å². The number of aryl methyl sites for hydroxylation is 1. The number of carbonyl (C=O) groups excluding carboxylic acids is 1. The molecule has 0 aromatic heterocycles. The first-order chi connectivity index (χ1) is 10.3. The summed E-state index contributed by atoms with van der Waals surface area (Å²) in [5, 5.41) is 9.45. The lowest BCUT2D eigenvalue weighted by Gasteiger charge is -2.20. The highest BCUT2D eigenvalue weighted by atomic mass is 16.6. The van der Waals surface area contributed by atoms with Crippen LogP contribution in [0.15, 0.2) is 42.5 Å². The minimum absolute atomic E-state index is 0.0109. The van der Waals surface area contributed by atoms with Gasteiger partial charge in [0.05, 0.1) is 12.2 Å². The van der Waals surface area contributed by atoms with E-state index in [-0.39, 0.29) is 12.6 Å². The van der Waals surface area contributed by atoms with Crippen LogP contribution in [0.5, 0.6) is 0 Å². The Morgan fingerprint density at radius 3 is 2.41 bits per heavy atom. The molecule has 0 saturated carbocycles. The highest BCUT2D eigenvalue weighted by molar-refractivity contribution is 5.92. The molecule has 0 radical (unpaired) electrons. The lowest BCUT2D eigenvalue weighted by molar-refractivity contribution is 0.00688. The fourth-order valence-corrected chi connectivity index (χ4v) is 2.33. The second-order valence-corrected chi connectivity index (χ2v) is 6.35. The van der Waals surface area contributed by atoms with E-state index in [1.807, 2.05) is 64.1 Å². The average Bonchev–Trinajstić information content (AvgIpc) is 2.45. The van der Waals surface area contributed by atoms with Crippen LogP contribution >= 0.6 is 0 Å². The van der Waals surface area contributed by atoms with Crippen LogP contribution in [0.4, 0.5) is 0 Å². The van der Waals surface area contributed by atoms with Gasteiger partial charge in [0.15, 0.2) is 0 Å². The summed E-state index contributed by atoms with van der Waals surface area (Å²) in [6.07, 6.45) is 0. The van der Waals surface area contributed by atoms with Crippen molar-refractivity contribution in [2.24, 2.45) is 0 Å². The lowest BCUT2D eigenvalue weighted by atomic mass is 9.96. The largest absolute Gasteiger partial charge is 0.456 e. The molecular formula is C19H22O3. The molecule has 3 heteroatoms. The maximum absolute atomic E-state index is 12.2. The van der Waals surface area contributed by atoms with Crippen molar-refractivity contribution in [1.29, 1.82) is 0 Å². The molecule has 116 valence electrons. The van der Waals surface area contributed by atoms with E-state index in [1.165, 1.54) is 0 Å². The molecule has 0 aliphatic rings. The summed E-state index contributed by atoms with van der Waals surface area (Å²) in [6, 6.07) is 13.3. The van der Waals surface area contributed by atoms with Crippen LogP contribution in [0.25, 0.3) is 11.1 Å². The molecule has 0 amide bonds. The van der Waals surface area contributed by atoms with Crippen molar-refractivity contribution in [1.82, 2.24) is 0 Å². The van der Waals surface area contributed by atoms with Crippen molar-refractivity contribution in [3.8, 4) is 11.1 Å². The first-order valence-electron chi connectivity index (χ1n) is 7.35. The Hall–Kier alpha value is -2.13. The second-order valence-electron chi connectivity index (χ2n) is 6.35. The predicted octanol–water partition coefficient (Wildman–Crippen LogP) is 4.11. The molecule has 1 N–H and O–H groups in total. The molecule has 2 aromatic carbocycles. The van der Waals surface area contributed by atoms with Crippen LogP contribution in [0.1, 0.15) is 42.3 Å². The second kappa shape index (κ2) is 6.32. The Balaban J connectivity index is 2.36. The quantitative estimate of drug-likeness (QED) is 0.867. The fourth-order valence-electron chi connectivity index (χ4n) is 2.33. The zero-order chi connectivity index (χ0) is 16.3. The normalized spacial score (nSPS) is 11.3. The number of hydrogen-bond acceptors (Lipinski definition) is 3. The third kappa shape index (κ3) is 3.74. The number of ether oxygens (including phenoxy) is 1. The van der Waals surface area contributed by atoms with Gasteiger partial charge in [0.2, 0.25) is 0 Å². The lowest BCUT2D eigenvalue weighted by Crippen LogP contribution is -2.24. The van der Waals surface area contributed by atoms with Gasteiger partial charge in [-0.2, -0.15) is 0 Å². The molecule has 0 bridgehead atoms. The first kappa shape index (κ1) is 16.2. The number of esters is 1. The van der Waals surface area contributed by atoms with Crippen LogP contribution in [0.2, 0.25) is 0 Å². The van der Waals surface area contributed by atoms with Crippen LogP contribution in [-0.4, -0.2) is 16.7 Å². The van der Waals surface area contributed by atoms with Crippen molar-refractivity contribution < 1.29 is 14.6 Å². The molecule has 0 spiro atoms. The summed E-state index contributed by atoms with van der Waals surface area (Å²) in [6.45, 7) is 7.44. The molecule has 0 aliphatic carbocycles. The van der Waals surface area contributed by atoms with Gasteiger partial charge in [0, 0.05) is 0 Å². The van der Waals surface area contributed by atoms with E-state index >= 15 is 0 Å². The summed E-state index contributed by atoms with van der Waals surface area (Å²) in [7, 11) is 0. The van der Waals surface area contributed by atoms with E-state index in [2.05, 4.69) is 0 Å². The van der Waals surface area contributed by atoms with Crippen LogP contribution in [0.3, 0.4) is 0 Å². The van der Waals surface area contributed by atoms with Crippen molar-refractivity contribution in [2.45, 2.75) is 39.9 Å². The third-order valence-electron chi connectivity index (χ3n) is 3.34. The van der Waals surface area contributed by atoms with Gasteiger partial charge in [0.1, 0.15) is 5.60 Å². The summed E-state index contributed by atoms with van der Waals surface area (Å²) >= 11 is 0. The van der Waals surface area contributed by atoms with Gasteiger partial charge >= 0.3 is 5.97 Å². The van der Waals surface area contributed by atoms with Gasteiger partial charge in [-0.1, -0.05) is 36.4 Å². The van der Waals surface area contributed by atoms with E-state index in [1.54, 1.807) is 6.07 Å². The van der Waals surface area contributed by atoms with Crippen molar-refractivity contribution in [3.63, 3.8) is 0 Å². The molecule has 2 aromatic rings. The van der Waals surface area contributed by atoms with Crippen LogP contribution in [-0.2, 0) is 11.3 Å². The van der Waals surface area contributed by atoms with Gasteiger partial charge in [-0.3, -0.25) is 0 Å². The smallest absolute Gasteiger partial charge is 0.338 e. The highest BCUT2D eigenvalue weighted by Gasteiger charge is 2.19. The van der Waals surface area contributed by atoms with Crippen molar-refractivity contribution >= 4 is 5.97 Å². The molecule has 0 aliphatic heterocycles. The Morgan fingerprint density at radius 1 is 1.14 bits per heavy atom. The number of hydrogen-bond donors (Lipinski definition) is 1. The Labute approximate surface area is 131 Å². The predicted molar refractivity (Wildman–Crippen MR) is 87.7 cm³/mol. The molecule has 0 unspecified atom stereocenters.